The van der Waals surface area contributed by atoms with Crippen LogP contribution in [0.25, 0.3) is 0 Å². The third-order valence-corrected chi connectivity index (χ3v) is 13.8. The summed E-state index contributed by atoms with van der Waals surface area (Å²) in [6, 6.07) is 0. The second kappa shape index (κ2) is 6.24. The van der Waals surface area contributed by atoms with E-state index in [4.69, 9.17) is 16.8 Å². The molecule has 0 N–H and O–H groups in total. The van der Waals surface area contributed by atoms with Crippen LogP contribution in [0.4, 0.5) is 0 Å². The summed E-state index contributed by atoms with van der Waals surface area (Å²) in [5.41, 5.74) is 0. The molecule has 1 unspecified atom stereocenters. The van der Waals surface area contributed by atoms with Gasteiger partial charge in [-0.15, -0.1) is 0 Å². The Morgan fingerprint density at radius 2 is 1.29 bits per heavy atom. The maximum absolute atomic E-state index is 6.20. The summed E-state index contributed by atoms with van der Waals surface area (Å²) in [6.07, 6.45) is 0. The van der Waals surface area contributed by atoms with E-state index < -0.39 is 34.7 Å². The molecule has 0 aromatic rings. The van der Waals surface area contributed by atoms with Gasteiger partial charge in [0.25, 0.3) is 0 Å². The molecule has 0 aromatic heterocycles. The molecule has 0 aliphatic rings. The van der Waals surface area contributed by atoms with Crippen LogP contribution in [0.5, 0.6) is 0 Å². The van der Waals surface area contributed by atoms with Gasteiger partial charge in [0.1, 0.15) is 0 Å². The highest BCUT2D eigenvalue weighted by molar-refractivity contribution is 6.86. The van der Waals surface area contributed by atoms with Gasteiger partial charge in [0.05, 0.1) is 0 Å². The monoisotopic (exact) mass is 312 g/mol. The van der Waals surface area contributed by atoms with Gasteiger partial charge in [0.2, 0.25) is 0 Å². The summed E-state index contributed by atoms with van der Waals surface area (Å²) in [5.74, 6) is 0. The first kappa shape index (κ1) is 17.7. The van der Waals surface area contributed by atoms with Gasteiger partial charge >= 0.3 is 17.4 Å². The van der Waals surface area contributed by atoms with Crippen LogP contribution in [-0.2, 0) is 16.8 Å². The zero-order valence-electron chi connectivity index (χ0n) is 12.7. The summed E-state index contributed by atoms with van der Waals surface area (Å²) >= 11 is 0. The van der Waals surface area contributed by atoms with Gasteiger partial charge in [-0.3, -0.25) is 0 Å². The average Bonchev–Trinajstić information content (AvgIpc) is 1.96. The van der Waals surface area contributed by atoms with Crippen molar-refractivity contribution in [2.24, 2.45) is 0 Å². The van der Waals surface area contributed by atoms with Crippen molar-refractivity contribution in [1.82, 2.24) is 0 Å². The third-order valence-electron chi connectivity index (χ3n) is 1.86. The Morgan fingerprint density at radius 1 is 0.824 bits per heavy atom. The van der Waals surface area contributed by atoms with E-state index in [9.17, 15) is 0 Å². The van der Waals surface area contributed by atoms with Gasteiger partial charge in [-0.25, -0.2) is 0 Å². The quantitative estimate of drug-likeness (QED) is 0.677. The lowest BCUT2D eigenvalue weighted by atomic mass is 11.8. The van der Waals surface area contributed by atoms with Gasteiger partial charge in [-0.05, 0) is 45.8 Å². The van der Waals surface area contributed by atoms with Crippen molar-refractivity contribution >= 4 is 34.7 Å². The minimum absolute atomic E-state index is 1.18. The van der Waals surface area contributed by atoms with E-state index in [1.54, 1.807) is 7.11 Å². The predicted octanol–water partition coefficient (Wildman–Crippen LogP) is 2.77. The highest BCUT2D eigenvalue weighted by Gasteiger charge is 2.45. The van der Waals surface area contributed by atoms with Crippen molar-refractivity contribution < 1.29 is 16.8 Å². The van der Waals surface area contributed by atoms with Crippen molar-refractivity contribution in [3.05, 3.63) is 0 Å². The maximum atomic E-state index is 6.20. The van der Waals surface area contributed by atoms with Gasteiger partial charge < -0.3 is 16.8 Å². The van der Waals surface area contributed by atoms with Crippen LogP contribution in [0.3, 0.4) is 0 Å². The summed E-state index contributed by atoms with van der Waals surface area (Å²) in [6.45, 7) is 16.8. The first-order chi connectivity index (χ1) is 7.39. The topological polar surface area (TPSA) is 36.9 Å². The molecule has 0 aliphatic carbocycles. The summed E-state index contributed by atoms with van der Waals surface area (Å²) in [5, 5.41) is 0. The second-order valence-corrected chi connectivity index (χ2v) is 19.8. The number of rotatable bonds is 7. The smallest absolute Gasteiger partial charge is 0.420 e. The first-order valence-electron chi connectivity index (χ1n) is 6.02. The lowest BCUT2D eigenvalue weighted by molar-refractivity contribution is 0.218. The molecule has 0 radical (unpaired) electrons. The zero-order valence-corrected chi connectivity index (χ0v) is 16.9. The Morgan fingerprint density at radius 3 is 1.59 bits per heavy atom. The maximum Gasteiger partial charge on any atom is 0.467 e. The predicted molar refractivity (Wildman–Crippen MR) is 81.6 cm³/mol. The molecule has 0 saturated heterocycles. The third kappa shape index (κ3) is 8.43. The van der Waals surface area contributed by atoms with Gasteiger partial charge in [-0.1, -0.05) is 0 Å². The Kier molecular flexibility index (Phi) is 6.50. The van der Waals surface area contributed by atoms with E-state index >= 15 is 0 Å². The molecule has 1 atom stereocenters. The van der Waals surface area contributed by atoms with Crippen LogP contribution in [0.1, 0.15) is 0 Å². The normalized spacial score (nSPS) is 17.3. The highest BCUT2D eigenvalue weighted by atomic mass is 28.5. The molecule has 0 saturated carbocycles. The van der Waals surface area contributed by atoms with Gasteiger partial charge in [-0.2, -0.15) is 0 Å². The summed E-state index contributed by atoms with van der Waals surface area (Å²) in [7, 11) is -5.83. The van der Waals surface area contributed by atoms with Crippen molar-refractivity contribution in [3.8, 4) is 0 Å². The molecule has 0 fully saturated rings. The van der Waals surface area contributed by atoms with E-state index in [1.807, 2.05) is 19.6 Å². The lowest BCUT2D eigenvalue weighted by Gasteiger charge is -2.38. The van der Waals surface area contributed by atoms with E-state index in [0.717, 1.165) is 0 Å². The fraction of sp³-hybridized carbons (Fsp3) is 1.00. The zero-order chi connectivity index (χ0) is 13.9. The van der Waals surface area contributed by atoms with Crippen molar-refractivity contribution in [2.45, 2.75) is 52.4 Å². The summed E-state index contributed by atoms with van der Waals surface area (Å²) in [4.78, 5) is 0. The summed E-state index contributed by atoms with van der Waals surface area (Å²) < 4.78 is 23.9. The van der Waals surface area contributed by atoms with Crippen LogP contribution in [0, 0.1) is 0 Å². The molecule has 0 amide bonds. The lowest BCUT2D eigenvalue weighted by Crippen LogP contribution is -2.57. The van der Waals surface area contributed by atoms with E-state index in [0.29, 0.717) is 0 Å². The molecule has 0 aliphatic heterocycles. The molecule has 17 heavy (non-hydrogen) atoms. The van der Waals surface area contributed by atoms with Crippen LogP contribution in [0.2, 0.25) is 52.4 Å². The fourth-order valence-electron chi connectivity index (χ4n) is 1.54. The molecule has 0 bridgehead atoms. The van der Waals surface area contributed by atoms with Crippen LogP contribution in [-0.4, -0.2) is 41.8 Å². The van der Waals surface area contributed by atoms with Crippen LogP contribution >= 0.6 is 0 Å². The first-order valence-corrected chi connectivity index (χ1v) is 17.3. The Hall–Kier alpha value is 0.708. The molecule has 0 aromatic carbocycles. The molecular formula is C9H28O4Si4. The molecule has 104 valence electrons. The molecule has 0 heterocycles. The van der Waals surface area contributed by atoms with Crippen LogP contribution in [0.15, 0.2) is 0 Å². The molecular weight excluding hydrogens is 284 g/mol. The fourth-order valence-corrected chi connectivity index (χ4v) is 15.1. The van der Waals surface area contributed by atoms with E-state index in [2.05, 4.69) is 32.7 Å². The Labute approximate surface area is 111 Å². The van der Waals surface area contributed by atoms with E-state index in [1.165, 1.54) is 0 Å². The molecule has 8 heteroatoms. The van der Waals surface area contributed by atoms with E-state index in [-0.39, 0.29) is 0 Å². The second-order valence-electron chi connectivity index (χ2n) is 5.95. The van der Waals surface area contributed by atoms with Crippen molar-refractivity contribution in [2.75, 3.05) is 7.11 Å². The molecule has 4 nitrogen and oxygen atoms in total. The Bertz CT molecular complexity index is 242. The van der Waals surface area contributed by atoms with Gasteiger partial charge in [0, 0.05) is 13.7 Å². The molecule has 0 rings (SSSR count). The Balaban J connectivity index is 4.85. The highest BCUT2D eigenvalue weighted by Crippen LogP contribution is 2.22. The van der Waals surface area contributed by atoms with Crippen LogP contribution < -0.4 is 0 Å². The minimum atomic E-state index is -2.54. The van der Waals surface area contributed by atoms with Crippen molar-refractivity contribution in [3.63, 3.8) is 0 Å². The average molecular weight is 313 g/mol. The van der Waals surface area contributed by atoms with Crippen molar-refractivity contribution in [1.29, 1.82) is 0 Å². The number of hydrogen-bond donors (Lipinski definition) is 0. The number of hydrogen-bond acceptors (Lipinski definition) is 4. The largest absolute Gasteiger partial charge is 0.467 e. The standard InChI is InChI=1S/C9H28O4Si4/c1-10-16(7,8)13-17(9,11-14(2)3)12-15(4,5)6/h14H,1-9H3. The SMILES string of the molecule is CO[Si](C)(C)O[Si](C)(O[SiH](C)C)O[Si](C)(C)C. The molecule has 0 spiro atoms. The minimum Gasteiger partial charge on any atom is -0.420 e. The van der Waals surface area contributed by atoms with Gasteiger partial charge in [0.15, 0.2) is 17.4 Å².